The zero-order chi connectivity index (χ0) is 23.3. The molecule has 3 aliphatic rings. The highest BCUT2D eigenvalue weighted by molar-refractivity contribution is 7.90. The van der Waals surface area contributed by atoms with Gasteiger partial charge in [-0.15, -0.1) is 0 Å². The van der Waals surface area contributed by atoms with Gasteiger partial charge < -0.3 is 10.1 Å². The molecule has 1 saturated carbocycles. The second-order valence-electron chi connectivity index (χ2n) is 8.88. The Hall–Kier alpha value is -2.15. The number of halogens is 3. The number of sulfonamides is 1. The van der Waals surface area contributed by atoms with Gasteiger partial charge >= 0.3 is 15.5 Å². The van der Waals surface area contributed by atoms with Crippen molar-refractivity contribution in [1.82, 2.24) is 14.3 Å². The number of aromatic nitrogens is 2. The molecule has 3 heterocycles. The number of anilines is 2. The average molecular weight is 478 g/mol. The molecule has 2 aliphatic heterocycles. The first-order valence-electron chi connectivity index (χ1n) is 10.6. The molecule has 9 nitrogen and oxygen atoms in total. The maximum absolute atomic E-state index is 13.1. The fraction of sp³-hybridized carbons (Fsp3) is 0.737. The molecular weight excluding hydrogens is 451 g/mol. The minimum atomic E-state index is -5.33. The van der Waals surface area contributed by atoms with Crippen LogP contribution in [0.15, 0.2) is 6.20 Å². The summed E-state index contributed by atoms with van der Waals surface area (Å²) in [5, 5.41) is 3.07. The van der Waals surface area contributed by atoms with Gasteiger partial charge in [0.2, 0.25) is 5.95 Å². The van der Waals surface area contributed by atoms with E-state index in [-0.39, 0.29) is 49.9 Å². The number of carbonyl (C=O) groups is 1. The van der Waals surface area contributed by atoms with Crippen LogP contribution in [0.5, 0.6) is 5.75 Å². The maximum atomic E-state index is 13.1. The summed E-state index contributed by atoms with van der Waals surface area (Å²) in [6, 6.07) is -0.271. The normalized spacial score (nSPS) is 23.2. The van der Waals surface area contributed by atoms with Crippen molar-refractivity contribution < 1.29 is 31.1 Å². The van der Waals surface area contributed by atoms with Crippen LogP contribution in [-0.2, 0) is 14.8 Å². The SMILES string of the molecule is CC1(C)Oc2cnc(NC3CCN(S(=O)(=O)C(F)(F)F)CC3)nc2N(C2CCCC2)C1=O. The van der Waals surface area contributed by atoms with Crippen molar-refractivity contribution in [2.45, 2.75) is 75.6 Å². The summed E-state index contributed by atoms with van der Waals surface area (Å²) in [5.41, 5.74) is -6.34. The molecule has 0 atom stereocenters. The second kappa shape index (κ2) is 8.01. The number of piperidine rings is 1. The minimum absolute atomic E-state index is 0.0305. The number of amides is 1. The van der Waals surface area contributed by atoms with E-state index in [0.717, 1.165) is 25.7 Å². The van der Waals surface area contributed by atoms with Crippen LogP contribution in [0.25, 0.3) is 0 Å². The third-order valence-corrected chi connectivity index (χ3v) is 7.80. The van der Waals surface area contributed by atoms with E-state index in [1.54, 1.807) is 18.7 Å². The largest absolute Gasteiger partial charge is 0.511 e. The highest BCUT2D eigenvalue weighted by atomic mass is 32.2. The molecule has 178 valence electrons. The van der Waals surface area contributed by atoms with Gasteiger partial charge in [-0.2, -0.15) is 22.5 Å². The Morgan fingerprint density at radius 1 is 1.16 bits per heavy atom. The van der Waals surface area contributed by atoms with Crippen LogP contribution in [0, 0.1) is 0 Å². The lowest BCUT2D eigenvalue weighted by Gasteiger charge is -2.40. The monoisotopic (exact) mass is 477 g/mol. The first kappa shape index (κ1) is 23.0. The van der Waals surface area contributed by atoms with E-state index in [1.165, 1.54) is 6.20 Å². The Morgan fingerprint density at radius 2 is 1.78 bits per heavy atom. The lowest BCUT2D eigenvalue weighted by Crippen LogP contribution is -2.56. The van der Waals surface area contributed by atoms with E-state index in [1.807, 2.05) is 0 Å². The first-order valence-corrected chi connectivity index (χ1v) is 12.1. The van der Waals surface area contributed by atoms with Crippen molar-refractivity contribution in [3.05, 3.63) is 6.20 Å². The molecule has 0 aromatic carbocycles. The summed E-state index contributed by atoms with van der Waals surface area (Å²) in [6.07, 6.45) is 5.64. The van der Waals surface area contributed by atoms with Crippen molar-refractivity contribution in [2.75, 3.05) is 23.3 Å². The first-order chi connectivity index (χ1) is 14.9. The van der Waals surface area contributed by atoms with E-state index in [4.69, 9.17) is 4.74 Å². The van der Waals surface area contributed by atoms with Crippen molar-refractivity contribution in [3.8, 4) is 5.75 Å². The predicted molar refractivity (Wildman–Crippen MR) is 110 cm³/mol. The number of rotatable bonds is 4. The van der Waals surface area contributed by atoms with Crippen LogP contribution in [0.3, 0.4) is 0 Å². The summed E-state index contributed by atoms with van der Waals surface area (Å²) >= 11 is 0. The van der Waals surface area contributed by atoms with E-state index in [9.17, 15) is 26.4 Å². The van der Waals surface area contributed by atoms with E-state index in [0.29, 0.717) is 15.9 Å². The lowest BCUT2D eigenvalue weighted by atomic mass is 10.0. The number of hydrogen-bond acceptors (Lipinski definition) is 7. The van der Waals surface area contributed by atoms with Gasteiger partial charge in [-0.25, -0.2) is 13.4 Å². The van der Waals surface area contributed by atoms with Gasteiger partial charge in [0.25, 0.3) is 5.91 Å². The molecular formula is C19H26F3N5O4S. The second-order valence-corrected chi connectivity index (χ2v) is 10.8. The van der Waals surface area contributed by atoms with Crippen LogP contribution >= 0.6 is 0 Å². The van der Waals surface area contributed by atoms with E-state index >= 15 is 0 Å². The molecule has 4 rings (SSSR count). The van der Waals surface area contributed by atoms with Gasteiger partial charge in [0.1, 0.15) is 0 Å². The number of fused-ring (bicyclic) bond motifs is 1. The molecule has 0 unspecified atom stereocenters. The molecule has 2 fully saturated rings. The summed E-state index contributed by atoms with van der Waals surface area (Å²) in [6.45, 7) is 2.90. The van der Waals surface area contributed by atoms with E-state index < -0.39 is 21.1 Å². The van der Waals surface area contributed by atoms with Gasteiger partial charge in [-0.3, -0.25) is 9.69 Å². The average Bonchev–Trinajstić information content (AvgIpc) is 3.23. The molecule has 0 bridgehead atoms. The fourth-order valence-corrected chi connectivity index (χ4v) is 5.44. The molecule has 1 N–H and O–H groups in total. The molecule has 1 aromatic heterocycles. The van der Waals surface area contributed by atoms with Crippen LogP contribution in [-0.4, -0.2) is 64.9 Å². The minimum Gasteiger partial charge on any atom is -0.472 e. The van der Waals surface area contributed by atoms with Gasteiger partial charge in [0, 0.05) is 25.2 Å². The predicted octanol–water partition coefficient (Wildman–Crippen LogP) is 2.65. The summed E-state index contributed by atoms with van der Waals surface area (Å²) < 4.78 is 67.7. The Balaban J connectivity index is 1.50. The highest BCUT2D eigenvalue weighted by Gasteiger charge is 2.50. The van der Waals surface area contributed by atoms with Crippen molar-refractivity contribution in [2.24, 2.45) is 0 Å². The van der Waals surface area contributed by atoms with Gasteiger partial charge in [-0.1, -0.05) is 12.8 Å². The Bertz CT molecular complexity index is 987. The number of nitrogens with zero attached hydrogens (tertiary/aromatic N) is 4. The molecule has 1 aliphatic carbocycles. The van der Waals surface area contributed by atoms with Crippen molar-refractivity contribution in [1.29, 1.82) is 0 Å². The number of ether oxygens (including phenoxy) is 1. The summed E-state index contributed by atoms with van der Waals surface area (Å²) in [4.78, 5) is 23.5. The molecule has 1 saturated heterocycles. The Labute approximate surface area is 184 Å². The molecule has 1 amide bonds. The smallest absolute Gasteiger partial charge is 0.472 e. The van der Waals surface area contributed by atoms with Crippen LogP contribution in [0.4, 0.5) is 24.9 Å². The van der Waals surface area contributed by atoms with Crippen molar-refractivity contribution >= 4 is 27.7 Å². The Morgan fingerprint density at radius 3 is 2.38 bits per heavy atom. The molecule has 0 radical (unpaired) electrons. The highest BCUT2D eigenvalue weighted by Crippen LogP contribution is 2.40. The number of carbonyl (C=O) groups excluding carboxylic acids is 1. The standard InChI is InChI=1S/C19H26F3N5O4S/c1-18(2)16(28)27(13-5-3-4-6-13)15-14(31-18)11-23-17(25-15)24-12-7-9-26(10-8-12)32(29,30)19(20,21)22/h11-13H,3-10H2,1-2H3,(H,23,24,25). The third kappa shape index (κ3) is 4.12. The zero-order valence-electron chi connectivity index (χ0n) is 17.9. The Kier molecular flexibility index (Phi) is 5.76. The third-order valence-electron chi connectivity index (χ3n) is 6.17. The van der Waals surface area contributed by atoms with Crippen molar-refractivity contribution in [3.63, 3.8) is 0 Å². The van der Waals surface area contributed by atoms with E-state index in [2.05, 4.69) is 15.3 Å². The van der Waals surface area contributed by atoms with Gasteiger partial charge in [0.05, 0.1) is 6.20 Å². The van der Waals surface area contributed by atoms with Crippen LogP contribution in [0.1, 0.15) is 52.4 Å². The lowest BCUT2D eigenvalue weighted by molar-refractivity contribution is -0.133. The number of nitrogens with one attached hydrogen (secondary N) is 1. The number of alkyl halides is 3. The van der Waals surface area contributed by atoms with Crippen LogP contribution < -0.4 is 15.0 Å². The quantitative estimate of drug-likeness (QED) is 0.711. The number of hydrogen-bond donors (Lipinski definition) is 1. The maximum Gasteiger partial charge on any atom is 0.511 e. The van der Waals surface area contributed by atoms with Gasteiger partial charge in [-0.05, 0) is 39.5 Å². The summed E-state index contributed by atoms with van der Waals surface area (Å²) in [7, 11) is -5.33. The zero-order valence-corrected chi connectivity index (χ0v) is 18.7. The molecule has 32 heavy (non-hydrogen) atoms. The van der Waals surface area contributed by atoms with Gasteiger partial charge in [0.15, 0.2) is 17.2 Å². The molecule has 0 spiro atoms. The summed E-state index contributed by atoms with van der Waals surface area (Å²) in [5.74, 6) is 0.834. The fourth-order valence-electron chi connectivity index (χ4n) is 4.45. The molecule has 1 aromatic rings. The topological polar surface area (TPSA) is 105 Å². The molecule has 13 heteroatoms. The van der Waals surface area contributed by atoms with Crippen LogP contribution in [0.2, 0.25) is 0 Å².